The van der Waals surface area contributed by atoms with Crippen LogP contribution in [0.5, 0.6) is 0 Å². The molecule has 0 aliphatic rings. The molecular formula is C17H16N4O3S. The lowest BCUT2D eigenvalue weighted by atomic mass is 10.2. The van der Waals surface area contributed by atoms with E-state index in [2.05, 4.69) is 20.6 Å². The molecule has 2 amide bonds. The molecule has 8 heteroatoms. The quantitative estimate of drug-likeness (QED) is 0.583. The van der Waals surface area contributed by atoms with E-state index in [0.29, 0.717) is 35.3 Å². The molecule has 0 unspecified atom stereocenters. The van der Waals surface area contributed by atoms with Crippen LogP contribution in [0.25, 0.3) is 10.9 Å². The van der Waals surface area contributed by atoms with E-state index in [0.717, 1.165) is 0 Å². The predicted octanol–water partition coefficient (Wildman–Crippen LogP) is 1.53. The average molecular weight is 356 g/mol. The zero-order valence-electron chi connectivity index (χ0n) is 13.2. The van der Waals surface area contributed by atoms with Gasteiger partial charge < -0.3 is 15.6 Å². The van der Waals surface area contributed by atoms with Crippen LogP contribution in [0.4, 0.5) is 0 Å². The number of carbonyl (C=O) groups excluding carboxylic acids is 2. The maximum Gasteiger partial charge on any atom is 0.287 e. The molecule has 0 aliphatic carbocycles. The highest BCUT2D eigenvalue weighted by atomic mass is 32.1. The molecule has 0 atom stereocenters. The van der Waals surface area contributed by atoms with Crippen molar-refractivity contribution in [2.75, 3.05) is 13.1 Å². The van der Waals surface area contributed by atoms with Crippen molar-refractivity contribution in [3.8, 4) is 0 Å². The Balaban J connectivity index is 1.50. The minimum atomic E-state index is -0.451. The summed E-state index contributed by atoms with van der Waals surface area (Å²) >= 11 is 1.38. The number of nitrogens with zero attached hydrogens (tertiary/aromatic N) is 1. The van der Waals surface area contributed by atoms with E-state index in [1.54, 1.807) is 30.3 Å². The van der Waals surface area contributed by atoms with Crippen LogP contribution in [-0.2, 0) is 0 Å². The van der Waals surface area contributed by atoms with Crippen molar-refractivity contribution in [2.45, 2.75) is 6.42 Å². The number of benzene rings is 1. The number of hydrogen-bond donors (Lipinski definition) is 3. The predicted molar refractivity (Wildman–Crippen MR) is 96.0 cm³/mol. The molecule has 0 saturated carbocycles. The number of thiophene rings is 1. The average Bonchev–Trinajstić information content (AvgIpc) is 3.16. The minimum absolute atomic E-state index is 0.0219. The zero-order valence-corrected chi connectivity index (χ0v) is 14.1. The lowest BCUT2D eigenvalue weighted by Crippen LogP contribution is -2.31. The molecule has 0 saturated heterocycles. The summed E-state index contributed by atoms with van der Waals surface area (Å²) in [6, 6.07) is 10.4. The van der Waals surface area contributed by atoms with Crippen LogP contribution < -0.4 is 16.2 Å². The largest absolute Gasteiger partial charge is 0.351 e. The number of aromatic nitrogens is 2. The van der Waals surface area contributed by atoms with Crippen LogP contribution in [0, 0.1) is 0 Å². The summed E-state index contributed by atoms with van der Waals surface area (Å²) in [4.78, 5) is 43.1. The third-order valence-corrected chi connectivity index (χ3v) is 4.37. The summed E-state index contributed by atoms with van der Waals surface area (Å²) in [6.07, 6.45) is 0.570. The maximum absolute atomic E-state index is 12.1. The van der Waals surface area contributed by atoms with Gasteiger partial charge in [0.25, 0.3) is 17.4 Å². The molecule has 2 aromatic heterocycles. The number of para-hydroxylation sites is 1. The zero-order chi connectivity index (χ0) is 17.6. The van der Waals surface area contributed by atoms with E-state index < -0.39 is 5.91 Å². The Morgan fingerprint density at radius 1 is 1.04 bits per heavy atom. The van der Waals surface area contributed by atoms with Crippen LogP contribution in [0.1, 0.15) is 26.7 Å². The van der Waals surface area contributed by atoms with Crippen molar-refractivity contribution < 1.29 is 9.59 Å². The first-order valence-electron chi connectivity index (χ1n) is 7.74. The minimum Gasteiger partial charge on any atom is -0.351 e. The Hall–Kier alpha value is -3.00. The molecule has 7 nitrogen and oxygen atoms in total. The van der Waals surface area contributed by atoms with Gasteiger partial charge in [-0.1, -0.05) is 18.2 Å². The molecule has 3 N–H and O–H groups in total. The van der Waals surface area contributed by atoms with Crippen molar-refractivity contribution in [3.05, 3.63) is 62.8 Å². The number of H-pyrrole nitrogens is 1. The van der Waals surface area contributed by atoms with Crippen molar-refractivity contribution >= 4 is 34.1 Å². The SMILES string of the molecule is O=C(NCCCNC(=O)c1cccs1)c1nc2ccccc2c(=O)[nH]1. The number of fused-ring (bicyclic) bond motifs is 1. The Labute approximate surface area is 147 Å². The van der Waals surface area contributed by atoms with Crippen molar-refractivity contribution in [2.24, 2.45) is 0 Å². The monoisotopic (exact) mass is 356 g/mol. The van der Waals surface area contributed by atoms with Gasteiger partial charge in [-0.2, -0.15) is 0 Å². The number of amides is 2. The second-order valence-electron chi connectivity index (χ2n) is 5.27. The smallest absolute Gasteiger partial charge is 0.287 e. The van der Waals surface area contributed by atoms with Gasteiger partial charge in [0.1, 0.15) is 0 Å². The molecule has 3 aromatic rings. The number of aromatic amines is 1. The van der Waals surface area contributed by atoms with E-state index in [4.69, 9.17) is 0 Å². The summed E-state index contributed by atoms with van der Waals surface area (Å²) in [5.74, 6) is -0.597. The highest BCUT2D eigenvalue weighted by Crippen LogP contribution is 2.07. The van der Waals surface area contributed by atoms with Gasteiger partial charge in [-0.3, -0.25) is 14.4 Å². The fourth-order valence-electron chi connectivity index (χ4n) is 2.26. The topological polar surface area (TPSA) is 104 Å². The van der Waals surface area contributed by atoms with Crippen molar-refractivity contribution in [1.29, 1.82) is 0 Å². The molecule has 25 heavy (non-hydrogen) atoms. The second-order valence-corrected chi connectivity index (χ2v) is 6.22. The van der Waals surface area contributed by atoms with Gasteiger partial charge in [-0.05, 0) is 30.0 Å². The number of hydrogen-bond acceptors (Lipinski definition) is 5. The first-order valence-corrected chi connectivity index (χ1v) is 8.62. The van der Waals surface area contributed by atoms with Crippen LogP contribution >= 0.6 is 11.3 Å². The third kappa shape index (κ3) is 4.10. The number of carbonyl (C=O) groups is 2. The molecule has 128 valence electrons. The molecule has 0 fully saturated rings. The molecule has 1 aromatic carbocycles. The molecule has 0 bridgehead atoms. The highest BCUT2D eigenvalue weighted by Gasteiger charge is 2.11. The fraction of sp³-hybridized carbons (Fsp3) is 0.176. The Morgan fingerprint density at radius 3 is 2.56 bits per heavy atom. The van der Waals surface area contributed by atoms with Gasteiger partial charge in [-0.15, -0.1) is 11.3 Å². The first-order chi connectivity index (χ1) is 12.1. The van der Waals surface area contributed by atoms with Crippen LogP contribution in [0.3, 0.4) is 0 Å². The lowest BCUT2D eigenvalue weighted by molar-refractivity contribution is 0.0943. The normalized spacial score (nSPS) is 10.6. The van der Waals surface area contributed by atoms with Gasteiger partial charge in [-0.25, -0.2) is 4.98 Å². The van der Waals surface area contributed by atoms with Gasteiger partial charge in [0.15, 0.2) is 5.82 Å². The summed E-state index contributed by atoms with van der Waals surface area (Å²) in [7, 11) is 0. The van der Waals surface area contributed by atoms with Crippen LogP contribution in [-0.4, -0.2) is 34.9 Å². The fourth-order valence-corrected chi connectivity index (χ4v) is 2.90. The lowest BCUT2D eigenvalue weighted by Gasteiger charge is -2.06. The second kappa shape index (κ2) is 7.71. The van der Waals surface area contributed by atoms with E-state index in [1.807, 2.05) is 11.4 Å². The Kier molecular flexibility index (Phi) is 5.20. The maximum atomic E-state index is 12.1. The highest BCUT2D eigenvalue weighted by molar-refractivity contribution is 7.12. The third-order valence-electron chi connectivity index (χ3n) is 3.50. The summed E-state index contributed by atoms with van der Waals surface area (Å²) in [6.45, 7) is 0.804. The molecule has 3 rings (SSSR count). The van der Waals surface area contributed by atoms with Gasteiger partial charge >= 0.3 is 0 Å². The first kappa shape index (κ1) is 16.8. The summed E-state index contributed by atoms with van der Waals surface area (Å²) in [5.41, 5.74) is 0.124. The Bertz CT molecular complexity index is 950. The van der Waals surface area contributed by atoms with E-state index in [-0.39, 0.29) is 17.3 Å². The van der Waals surface area contributed by atoms with Gasteiger partial charge in [0, 0.05) is 13.1 Å². The number of nitrogens with one attached hydrogen (secondary N) is 3. The standard InChI is InChI=1S/C17H16N4O3S/c22-15-11-5-1-2-6-12(11)20-14(21-15)17(24)19-9-4-8-18-16(23)13-7-3-10-25-13/h1-3,5-7,10H,4,8-9H2,(H,18,23)(H,19,24)(H,20,21,22). The van der Waals surface area contributed by atoms with Crippen LogP contribution in [0.15, 0.2) is 46.6 Å². The van der Waals surface area contributed by atoms with Crippen molar-refractivity contribution in [3.63, 3.8) is 0 Å². The van der Waals surface area contributed by atoms with E-state index in [1.165, 1.54) is 11.3 Å². The number of rotatable bonds is 6. The molecule has 2 heterocycles. The molecule has 0 spiro atoms. The summed E-state index contributed by atoms with van der Waals surface area (Å²) < 4.78 is 0. The van der Waals surface area contributed by atoms with Gasteiger partial charge in [0.2, 0.25) is 0 Å². The van der Waals surface area contributed by atoms with E-state index >= 15 is 0 Å². The van der Waals surface area contributed by atoms with Crippen molar-refractivity contribution in [1.82, 2.24) is 20.6 Å². The molecule has 0 radical (unpaired) electrons. The molecule has 0 aliphatic heterocycles. The van der Waals surface area contributed by atoms with Crippen LogP contribution in [0.2, 0.25) is 0 Å². The Morgan fingerprint density at radius 2 is 1.80 bits per heavy atom. The van der Waals surface area contributed by atoms with Gasteiger partial charge in [0.05, 0.1) is 15.8 Å². The summed E-state index contributed by atoms with van der Waals surface area (Å²) in [5, 5.41) is 7.74. The molecular weight excluding hydrogens is 340 g/mol. The van der Waals surface area contributed by atoms with E-state index in [9.17, 15) is 14.4 Å².